The molecular weight excluding hydrogens is 334 g/mol. The summed E-state index contributed by atoms with van der Waals surface area (Å²) in [4.78, 5) is 14.5. The minimum Gasteiger partial charge on any atom is -0.336 e. The zero-order valence-corrected chi connectivity index (χ0v) is 15.0. The third kappa shape index (κ3) is 2.95. The van der Waals surface area contributed by atoms with Gasteiger partial charge in [-0.05, 0) is 29.7 Å². The number of likely N-dealkylation sites (tertiary alicyclic amines) is 1. The summed E-state index contributed by atoms with van der Waals surface area (Å²) in [5.74, 6) is -0.0631. The van der Waals surface area contributed by atoms with Crippen molar-refractivity contribution in [1.29, 1.82) is 0 Å². The Morgan fingerprint density at radius 2 is 1.56 bits per heavy atom. The number of hydrogen-bond acceptors (Lipinski definition) is 3. The highest BCUT2D eigenvalue weighted by atomic mass is 32.2. The number of amides is 1. The minimum atomic E-state index is -3.11. The van der Waals surface area contributed by atoms with Crippen LogP contribution in [-0.2, 0) is 9.84 Å². The molecule has 0 atom stereocenters. The molecule has 1 aliphatic carbocycles. The maximum Gasteiger partial charge on any atom is 0.254 e. The van der Waals surface area contributed by atoms with Crippen LogP contribution in [0.5, 0.6) is 0 Å². The van der Waals surface area contributed by atoms with Crippen LogP contribution in [0.3, 0.4) is 0 Å². The molecule has 0 bridgehead atoms. The molecule has 4 rings (SSSR count). The zero-order chi connectivity index (χ0) is 17.4. The van der Waals surface area contributed by atoms with Crippen LogP contribution in [0.1, 0.15) is 42.5 Å². The Labute approximate surface area is 148 Å². The lowest BCUT2D eigenvalue weighted by Crippen LogP contribution is -2.58. The summed E-state index contributed by atoms with van der Waals surface area (Å²) < 4.78 is 25.5. The Balaban J connectivity index is 1.49. The van der Waals surface area contributed by atoms with Crippen LogP contribution in [0.2, 0.25) is 0 Å². The maximum atomic E-state index is 12.8. The standard InChI is InChI=1S/C20H23NO3S/c22-20(19-12-6-8-15-7-4-5-11-18(15)19)21-13-17(14-21)25(23,24)16-9-2-1-3-10-16/h4-8,11-12,16-17H,1-3,9-10,13-14H2. The number of sulfone groups is 1. The third-order valence-electron chi connectivity index (χ3n) is 5.64. The number of rotatable bonds is 3. The summed E-state index contributed by atoms with van der Waals surface area (Å²) in [5, 5.41) is 1.38. The minimum absolute atomic E-state index is 0.0631. The van der Waals surface area contributed by atoms with E-state index in [9.17, 15) is 13.2 Å². The molecule has 1 amide bonds. The fourth-order valence-electron chi connectivity index (χ4n) is 4.06. The molecule has 0 unspecified atom stereocenters. The molecule has 5 heteroatoms. The Morgan fingerprint density at radius 1 is 0.880 bits per heavy atom. The number of benzene rings is 2. The molecule has 1 heterocycles. The van der Waals surface area contributed by atoms with Crippen molar-refractivity contribution in [2.24, 2.45) is 0 Å². The highest BCUT2D eigenvalue weighted by molar-refractivity contribution is 7.92. The molecule has 2 aromatic carbocycles. The van der Waals surface area contributed by atoms with Crippen LogP contribution in [0.4, 0.5) is 0 Å². The van der Waals surface area contributed by atoms with Gasteiger partial charge in [0.15, 0.2) is 9.84 Å². The molecule has 132 valence electrons. The van der Waals surface area contributed by atoms with Crippen molar-refractivity contribution in [2.75, 3.05) is 13.1 Å². The first-order valence-electron chi connectivity index (χ1n) is 9.07. The van der Waals surface area contributed by atoms with Crippen molar-refractivity contribution >= 4 is 26.5 Å². The SMILES string of the molecule is O=C(c1cccc2ccccc12)N1CC(S(=O)(=O)C2CCCCC2)C1. The Kier molecular flexibility index (Phi) is 4.28. The average molecular weight is 357 g/mol. The molecule has 25 heavy (non-hydrogen) atoms. The van der Waals surface area contributed by atoms with Crippen LogP contribution in [-0.4, -0.2) is 42.8 Å². The molecule has 2 aromatic rings. The van der Waals surface area contributed by atoms with E-state index >= 15 is 0 Å². The fourth-order valence-corrected chi connectivity index (χ4v) is 6.37. The fraction of sp³-hybridized carbons (Fsp3) is 0.450. The number of fused-ring (bicyclic) bond motifs is 1. The number of carbonyl (C=O) groups is 1. The predicted octanol–water partition coefficient (Wildman–Crippen LogP) is 3.41. The normalized spacial score (nSPS) is 19.8. The van der Waals surface area contributed by atoms with E-state index in [1.54, 1.807) is 4.90 Å². The lowest BCUT2D eigenvalue weighted by Gasteiger charge is -2.41. The van der Waals surface area contributed by atoms with Crippen LogP contribution in [0.15, 0.2) is 42.5 Å². The molecule has 0 aromatic heterocycles. The molecule has 1 saturated heterocycles. The highest BCUT2D eigenvalue weighted by Gasteiger charge is 2.43. The molecule has 1 aliphatic heterocycles. The van der Waals surface area contributed by atoms with E-state index in [1.807, 2.05) is 42.5 Å². The van der Waals surface area contributed by atoms with Gasteiger partial charge in [0.25, 0.3) is 5.91 Å². The molecule has 2 fully saturated rings. The number of hydrogen-bond donors (Lipinski definition) is 0. The number of carbonyl (C=O) groups excluding carboxylic acids is 1. The second-order valence-electron chi connectivity index (χ2n) is 7.21. The van der Waals surface area contributed by atoms with Gasteiger partial charge < -0.3 is 4.90 Å². The summed E-state index contributed by atoms with van der Waals surface area (Å²) in [7, 11) is -3.11. The van der Waals surface area contributed by atoms with E-state index in [0.29, 0.717) is 18.7 Å². The summed E-state index contributed by atoms with van der Waals surface area (Å²) >= 11 is 0. The summed E-state index contributed by atoms with van der Waals surface area (Å²) in [6.45, 7) is 0.668. The Hall–Kier alpha value is -1.88. The average Bonchev–Trinajstić information content (AvgIpc) is 2.60. The summed E-state index contributed by atoms with van der Waals surface area (Å²) in [5.41, 5.74) is 0.659. The van der Waals surface area contributed by atoms with Crippen molar-refractivity contribution in [3.63, 3.8) is 0 Å². The van der Waals surface area contributed by atoms with E-state index < -0.39 is 9.84 Å². The third-order valence-corrected chi connectivity index (χ3v) is 8.26. The first kappa shape index (κ1) is 16.6. The van der Waals surface area contributed by atoms with Gasteiger partial charge in [0, 0.05) is 18.7 Å². The van der Waals surface area contributed by atoms with Crippen molar-refractivity contribution < 1.29 is 13.2 Å². The molecule has 4 nitrogen and oxygen atoms in total. The Bertz CT molecular complexity index is 889. The molecular formula is C20H23NO3S. The largest absolute Gasteiger partial charge is 0.336 e. The van der Waals surface area contributed by atoms with Gasteiger partial charge in [-0.25, -0.2) is 8.42 Å². The highest BCUT2D eigenvalue weighted by Crippen LogP contribution is 2.31. The van der Waals surface area contributed by atoms with Gasteiger partial charge in [0.1, 0.15) is 0 Å². The maximum absolute atomic E-state index is 12.8. The topological polar surface area (TPSA) is 54.5 Å². The lowest BCUT2D eigenvalue weighted by molar-refractivity contribution is 0.0660. The summed E-state index contributed by atoms with van der Waals surface area (Å²) in [6, 6.07) is 13.5. The van der Waals surface area contributed by atoms with Crippen molar-refractivity contribution in [2.45, 2.75) is 42.6 Å². The second-order valence-corrected chi connectivity index (χ2v) is 9.72. The van der Waals surface area contributed by atoms with Crippen LogP contribution >= 0.6 is 0 Å². The van der Waals surface area contributed by atoms with E-state index in [1.165, 1.54) is 0 Å². The van der Waals surface area contributed by atoms with Crippen molar-refractivity contribution in [3.8, 4) is 0 Å². The molecule has 2 aliphatic rings. The van der Waals surface area contributed by atoms with Gasteiger partial charge in [-0.2, -0.15) is 0 Å². The van der Waals surface area contributed by atoms with Crippen LogP contribution in [0, 0.1) is 0 Å². The van der Waals surface area contributed by atoms with Gasteiger partial charge in [-0.3, -0.25) is 4.79 Å². The van der Waals surface area contributed by atoms with Gasteiger partial charge in [0.2, 0.25) is 0 Å². The van der Waals surface area contributed by atoms with Gasteiger partial charge in [-0.1, -0.05) is 55.7 Å². The monoisotopic (exact) mass is 357 g/mol. The van der Waals surface area contributed by atoms with Crippen molar-refractivity contribution in [3.05, 3.63) is 48.0 Å². The van der Waals surface area contributed by atoms with Gasteiger partial charge in [0.05, 0.1) is 10.5 Å². The molecule has 0 radical (unpaired) electrons. The quantitative estimate of drug-likeness (QED) is 0.846. The van der Waals surface area contributed by atoms with E-state index in [-0.39, 0.29) is 16.4 Å². The first-order valence-corrected chi connectivity index (χ1v) is 10.7. The second kappa shape index (κ2) is 6.45. The van der Waals surface area contributed by atoms with Crippen LogP contribution < -0.4 is 0 Å². The Morgan fingerprint density at radius 3 is 2.32 bits per heavy atom. The van der Waals surface area contributed by atoms with E-state index in [0.717, 1.165) is 42.9 Å². The number of nitrogens with zero attached hydrogens (tertiary/aromatic N) is 1. The van der Waals surface area contributed by atoms with Gasteiger partial charge in [-0.15, -0.1) is 0 Å². The van der Waals surface area contributed by atoms with Crippen LogP contribution in [0.25, 0.3) is 10.8 Å². The lowest BCUT2D eigenvalue weighted by atomic mass is 10.0. The van der Waals surface area contributed by atoms with Crippen molar-refractivity contribution in [1.82, 2.24) is 4.90 Å². The molecule has 1 saturated carbocycles. The molecule has 0 N–H and O–H groups in total. The smallest absolute Gasteiger partial charge is 0.254 e. The van der Waals surface area contributed by atoms with Gasteiger partial charge >= 0.3 is 0 Å². The molecule has 0 spiro atoms. The predicted molar refractivity (Wildman–Crippen MR) is 99.4 cm³/mol. The van der Waals surface area contributed by atoms with E-state index in [2.05, 4.69) is 0 Å². The summed E-state index contributed by atoms with van der Waals surface area (Å²) in [6.07, 6.45) is 4.74. The zero-order valence-electron chi connectivity index (χ0n) is 14.2. The van der Waals surface area contributed by atoms with E-state index in [4.69, 9.17) is 0 Å². The first-order chi connectivity index (χ1) is 12.1.